The van der Waals surface area contributed by atoms with Crippen LogP contribution in [-0.4, -0.2) is 24.7 Å². The van der Waals surface area contributed by atoms with Gasteiger partial charge in [-0.1, -0.05) is 60.1 Å². The Morgan fingerprint density at radius 3 is 2.54 bits per heavy atom. The summed E-state index contributed by atoms with van der Waals surface area (Å²) in [6.07, 6.45) is 0.588. The monoisotopic (exact) mass is 487 g/mol. The van der Waals surface area contributed by atoms with Gasteiger partial charge in [0.05, 0.1) is 10.9 Å². The van der Waals surface area contributed by atoms with E-state index in [-0.39, 0.29) is 17.9 Å². The van der Waals surface area contributed by atoms with E-state index in [2.05, 4.69) is 10.4 Å². The number of anilines is 1. The van der Waals surface area contributed by atoms with Gasteiger partial charge in [-0.25, -0.2) is 13.9 Å². The Bertz CT molecular complexity index is 1690. The van der Waals surface area contributed by atoms with Crippen LogP contribution in [0.4, 0.5) is 5.69 Å². The topological polar surface area (TPSA) is 90.4 Å². The maximum absolute atomic E-state index is 13.3. The highest BCUT2D eigenvalue weighted by molar-refractivity contribution is 6.31. The molecule has 0 aliphatic heterocycles. The van der Waals surface area contributed by atoms with E-state index in [0.717, 1.165) is 15.8 Å². The van der Waals surface area contributed by atoms with Crippen LogP contribution in [0.25, 0.3) is 16.7 Å². The minimum absolute atomic E-state index is 0.196. The molecule has 0 saturated carbocycles. The van der Waals surface area contributed by atoms with Gasteiger partial charge in [0.25, 0.3) is 5.56 Å². The van der Waals surface area contributed by atoms with E-state index < -0.39 is 11.6 Å². The number of carbonyl (C=O) groups is 1. The number of benzene rings is 3. The summed E-state index contributed by atoms with van der Waals surface area (Å²) in [6.45, 7) is 1.87. The lowest BCUT2D eigenvalue weighted by molar-refractivity contribution is -0.117. The maximum Gasteiger partial charge on any atom is 0.352 e. The summed E-state index contributed by atoms with van der Waals surface area (Å²) in [6, 6.07) is 21.9. The molecule has 1 N–H and O–H groups in total. The smallest absolute Gasteiger partial charge is 0.324 e. The van der Waals surface area contributed by atoms with Crippen LogP contribution >= 0.6 is 11.6 Å². The first kappa shape index (κ1) is 22.6. The Labute approximate surface area is 205 Å². The lowest BCUT2D eigenvalue weighted by Gasteiger charge is -2.09. The molecule has 0 spiro atoms. The van der Waals surface area contributed by atoms with Crippen molar-refractivity contribution >= 4 is 39.9 Å². The molecule has 1 amide bonds. The van der Waals surface area contributed by atoms with E-state index >= 15 is 0 Å². The largest absolute Gasteiger partial charge is 0.352 e. The van der Waals surface area contributed by atoms with Crippen molar-refractivity contribution in [1.29, 1.82) is 0 Å². The molecule has 0 radical (unpaired) electrons. The normalized spacial score (nSPS) is 11.3. The second-order valence-corrected chi connectivity index (χ2v) is 8.73. The molecule has 0 unspecified atom stereocenters. The van der Waals surface area contributed by atoms with Crippen molar-refractivity contribution in [2.24, 2.45) is 0 Å². The number of hydrogen-bond acceptors (Lipinski definition) is 4. The third-order valence-electron chi connectivity index (χ3n) is 5.92. The average molecular weight is 488 g/mol. The zero-order valence-electron chi connectivity index (χ0n) is 18.9. The second-order valence-electron chi connectivity index (χ2n) is 8.29. The van der Waals surface area contributed by atoms with Crippen LogP contribution in [0.5, 0.6) is 0 Å². The molecule has 0 aliphatic rings. The number of halogens is 1. The number of aryl methyl sites for hydroxylation is 3. The summed E-state index contributed by atoms with van der Waals surface area (Å²) < 4.78 is 3.96. The number of aromatic nitrogens is 4. The van der Waals surface area contributed by atoms with Gasteiger partial charge < -0.3 is 5.32 Å². The molecule has 0 saturated heterocycles. The summed E-state index contributed by atoms with van der Waals surface area (Å²) in [7, 11) is 0. The van der Waals surface area contributed by atoms with Gasteiger partial charge in [-0.3, -0.25) is 14.2 Å². The first-order valence-electron chi connectivity index (χ1n) is 11.1. The number of nitrogens with zero attached hydrogens (tertiary/aromatic N) is 4. The van der Waals surface area contributed by atoms with E-state index in [9.17, 15) is 14.4 Å². The molecule has 2 aromatic heterocycles. The minimum Gasteiger partial charge on any atom is -0.324 e. The van der Waals surface area contributed by atoms with E-state index in [1.807, 2.05) is 37.3 Å². The molecule has 5 aromatic rings. The quantitative estimate of drug-likeness (QED) is 0.396. The van der Waals surface area contributed by atoms with Crippen molar-refractivity contribution < 1.29 is 4.79 Å². The summed E-state index contributed by atoms with van der Waals surface area (Å²) in [5.74, 6) is -0.232. The van der Waals surface area contributed by atoms with Crippen LogP contribution in [0, 0.1) is 6.92 Å². The molecule has 35 heavy (non-hydrogen) atoms. The predicted molar refractivity (Wildman–Crippen MR) is 136 cm³/mol. The molecule has 2 heterocycles. The molecule has 176 valence electrons. The molecule has 8 nitrogen and oxygen atoms in total. The molecule has 3 aromatic carbocycles. The Morgan fingerprint density at radius 2 is 1.74 bits per heavy atom. The summed E-state index contributed by atoms with van der Waals surface area (Å²) >= 11 is 6.05. The second kappa shape index (κ2) is 9.23. The minimum atomic E-state index is -0.498. The van der Waals surface area contributed by atoms with Crippen molar-refractivity contribution in [2.45, 2.75) is 26.4 Å². The number of rotatable bonds is 6. The highest BCUT2D eigenvalue weighted by atomic mass is 35.5. The summed E-state index contributed by atoms with van der Waals surface area (Å²) in [5, 5.41) is 8.08. The van der Waals surface area contributed by atoms with Crippen molar-refractivity contribution in [1.82, 2.24) is 18.7 Å². The van der Waals surface area contributed by atoms with Gasteiger partial charge in [0.1, 0.15) is 6.54 Å². The average Bonchev–Trinajstić information content (AvgIpc) is 3.17. The maximum atomic E-state index is 13.3. The third kappa shape index (κ3) is 4.36. The van der Waals surface area contributed by atoms with E-state index in [4.69, 9.17) is 11.6 Å². The Morgan fingerprint density at radius 1 is 1.00 bits per heavy atom. The number of hydrogen-bond donors (Lipinski definition) is 1. The van der Waals surface area contributed by atoms with Crippen molar-refractivity contribution in [3.05, 3.63) is 110 Å². The molecule has 0 aliphatic carbocycles. The van der Waals surface area contributed by atoms with E-state index in [1.54, 1.807) is 42.5 Å². The number of carbonyl (C=O) groups excluding carboxylic acids is 1. The Balaban J connectivity index is 1.56. The van der Waals surface area contributed by atoms with Crippen LogP contribution in [-0.2, 0) is 24.3 Å². The van der Waals surface area contributed by atoms with Crippen LogP contribution in [0.15, 0.2) is 82.4 Å². The molecule has 0 bridgehead atoms. The van der Waals surface area contributed by atoms with Crippen molar-refractivity contribution in [2.75, 3.05) is 5.32 Å². The van der Waals surface area contributed by atoms with E-state index in [0.29, 0.717) is 34.6 Å². The van der Waals surface area contributed by atoms with Gasteiger partial charge in [0.2, 0.25) is 11.7 Å². The molecule has 5 rings (SSSR count). The van der Waals surface area contributed by atoms with Crippen molar-refractivity contribution in [3.63, 3.8) is 0 Å². The van der Waals surface area contributed by atoms with E-state index in [1.165, 1.54) is 8.97 Å². The van der Waals surface area contributed by atoms with Gasteiger partial charge in [-0.15, -0.1) is 5.10 Å². The molecule has 0 fully saturated rings. The fraction of sp³-hybridized carbons (Fsp3) is 0.154. The number of para-hydroxylation sites is 1. The molecular weight excluding hydrogens is 466 g/mol. The van der Waals surface area contributed by atoms with Gasteiger partial charge >= 0.3 is 5.69 Å². The first-order chi connectivity index (χ1) is 16.9. The van der Waals surface area contributed by atoms with Crippen LogP contribution in [0.1, 0.15) is 11.1 Å². The standard InChI is InChI=1S/C26H22ClN5O3/c1-17-11-12-19(27)15-21(17)28-23(33)16-31-26(35)32-22-10-6-5-9-20(22)24(34)30(25(32)29-31)14-13-18-7-3-2-4-8-18/h2-12,15H,13-14,16H2,1H3,(H,28,33). The lowest BCUT2D eigenvalue weighted by Crippen LogP contribution is -2.29. The third-order valence-corrected chi connectivity index (χ3v) is 6.15. The lowest BCUT2D eigenvalue weighted by atomic mass is 10.1. The summed E-state index contributed by atoms with van der Waals surface area (Å²) in [4.78, 5) is 39.4. The number of amides is 1. The Hall–Kier alpha value is -4.17. The molecular formula is C26H22ClN5O3. The zero-order chi connectivity index (χ0) is 24.5. The van der Waals surface area contributed by atoms with Gasteiger partial charge in [0.15, 0.2) is 0 Å². The Kier molecular flexibility index (Phi) is 5.96. The van der Waals surface area contributed by atoms with Crippen molar-refractivity contribution in [3.8, 4) is 0 Å². The molecule has 9 heteroatoms. The van der Waals surface area contributed by atoms with Gasteiger partial charge in [-0.2, -0.15) is 0 Å². The predicted octanol–water partition coefficient (Wildman–Crippen LogP) is 3.65. The van der Waals surface area contributed by atoms with Crippen LogP contribution < -0.4 is 16.6 Å². The first-order valence-corrected chi connectivity index (χ1v) is 11.5. The highest BCUT2D eigenvalue weighted by Crippen LogP contribution is 2.20. The van der Waals surface area contributed by atoms with Gasteiger partial charge in [0, 0.05) is 17.3 Å². The highest BCUT2D eigenvalue weighted by Gasteiger charge is 2.19. The molecule has 0 atom stereocenters. The fourth-order valence-corrected chi connectivity index (χ4v) is 4.28. The van der Waals surface area contributed by atoms with Crippen LogP contribution in [0.2, 0.25) is 5.02 Å². The fourth-order valence-electron chi connectivity index (χ4n) is 4.11. The number of fused-ring (bicyclic) bond motifs is 3. The van der Waals surface area contributed by atoms with Crippen LogP contribution in [0.3, 0.4) is 0 Å². The zero-order valence-corrected chi connectivity index (χ0v) is 19.7. The number of nitrogens with one attached hydrogen (secondary N) is 1. The SMILES string of the molecule is Cc1ccc(Cl)cc1NC(=O)Cn1nc2n(CCc3ccccc3)c(=O)c3ccccc3n2c1=O. The summed E-state index contributed by atoms with van der Waals surface area (Å²) in [5.41, 5.74) is 2.17. The van der Waals surface area contributed by atoms with Gasteiger partial charge in [-0.05, 0) is 48.7 Å².